The van der Waals surface area contributed by atoms with Gasteiger partial charge in [0.25, 0.3) is 5.91 Å². The molecule has 2 amide bonds. The van der Waals surface area contributed by atoms with Gasteiger partial charge in [0.15, 0.2) is 0 Å². The molecular weight excluding hydrogens is 300 g/mol. The minimum Gasteiger partial charge on any atom is -0.365 e. The summed E-state index contributed by atoms with van der Waals surface area (Å²) in [6.07, 6.45) is 2.45. The lowest BCUT2D eigenvalue weighted by Crippen LogP contribution is -2.42. The highest BCUT2D eigenvalue weighted by Gasteiger charge is 2.43. The molecule has 0 radical (unpaired) electrons. The van der Waals surface area contributed by atoms with Crippen molar-refractivity contribution in [3.8, 4) is 0 Å². The number of fused-ring (bicyclic) bond motifs is 1. The second-order valence-corrected chi connectivity index (χ2v) is 8.31. The van der Waals surface area contributed by atoms with Gasteiger partial charge in [0, 0.05) is 17.2 Å². The summed E-state index contributed by atoms with van der Waals surface area (Å²) in [5, 5.41) is 3.47. The van der Waals surface area contributed by atoms with Gasteiger partial charge in [0.05, 0.1) is 16.8 Å². The molecule has 120 valence electrons. The molecule has 0 atom stereocenters. The van der Waals surface area contributed by atoms with E-state index in [0.29, 0.717) is 17.0 Å². The molecule has 1 fully saturated rings. The third-order valence-electron chi connectivity index (χ3n) is 4.12. The summed E-state index contributed by atoms with van der Waals surface area (Å²) in [6.45, 7) is 7.98. The van der Waals surface area contributed by atoms with E-state index in [9.17, 15) is 9.59 Å². The average molecular weight is 322 g/mol. The number of ether oxygens (including phenoxy) is 1. The lowest BCUT2D eigenvalue weighted by molar-refractivity contribution is -0.135. The Bertz CT molecular complexity index is 657. The van der Waals surface area contributed by atoms with E-state index in [2.05, 4.69) is 5.32 Å². The number of nitrogens with two attached hydrogens (primary N) is 1. The maximum absolute atomic E-state index is 12.1. The van der Waals surface area contributed by atoms with Gasteiger partial charge in [0.2, 0.25) is 5.91 Å². The molecule has 0 saturated heterocycles. The molecule has 2 heterocycles. The summed E-state index contributed by atoms with van der Waals surface area (Å²) in [5.74, 6) is -0.420. The molecule has 6 heteroatoms. The minimum absolute atomic E-state index is 0.0147. The van der Waals surface area contributed by atoms with E-state index in [1.54, 1.807) is 0 Å². The van der Waals surface area contributed by atoms with Crippen LogP contribution in [0.25, 0.3) is 0 Å². The van der Waals surface area contributed by atoms with E-state index in [1.165, 1.54) is 11.3 Å². The Morgan fingerprint density at radius 2 is 1.91 bits per heavy atom. The summed E-state index contributed by atoms with van der Waals surface area (Å²) >= 11 is 1.41. The number of carbonyl (C=O) groups excluding carboxylic acids is 2. The van der Waals surface area contributed by atoms with Crippen molar-refractivity contribution in [3.05, 3.63) is 16.0 Å². The largest absolute Gasteiger partial charge is 0.365 e. The van der Waals surface area contributed by atoms with Crippen LogP contribution >= 0.6 is 11.3 Å². The number of anilines is 1. The first-order valence-corrected chi connectivity index (χ1v) is 8.39. The molecule has 0 aromatic carbocycles. The Hall–Kier alpha value is -1.40. The molecule has 3 N–H and O–H groups in total. The van der Waals surface area contributed by atoms with Gasteiger partial charge in [-0.3, -0.25) is 9.59 Å². The molecule has 22 heavy (non-hydrogen) atoms. The van der Waals surface area contributed by atoms with Gasteiger partial charge in [-0.1, -0.05) is 0 Å². The molecule has 1 aliphatic carbocycles. The molecule has 1 aliphatic heterocycles. The second kappa shape index (κ2) is 4.80. The Labute approximate surface area is 134 Å². The van der Waals surface area contributed by atoms with Crippen molar-refractivity contribution in [1.29, 1.82) is 0 Å². The van der Waals surface area contributed by atoms with Crippen molar-refractivity contribution in [2.75, 3.05) is 5.32 Å². The molecule has 0 bridgehead atoms. The van der Waals surface area contributed by atoms with Crippen molar-refractivity contribution < 1.29 is 14.3 Å². The van der Waals surface area contributed by atoms with Gasteiger partial charge in [-0.05, 0) is 46.1 Å². The van der Waals surface area contributed by atoms with Gasteiger partial charge >= 0.3 is 0 Å². The molecule has 0 spiro atoms. The number of carbonyl (C=O) groups is 2. The number of nitrogens with one attached hydrogen (secondary N) is 1. The van der Waals surface area contributed by atoms with Crippen molar-refractivity contribution in [2.24, 2.45) is 11.7 Å². The number of hydrogen-bond acceptors (Lipinski definition) is 4. The lowest BCUT2D eigenvalue weighted by atomic mass is 9.86. The van der Waals surface area contributed by atoms with Crippen LogP contribution < -0.4 is 11.1 Å². The molecular formula is C16H22N2O3S. The van der Waals surface area contributed by atoms with E-state index < -0.39 is 11.5 Å². The van der Waals surface area contributed by atoms with Gasteiger partial charge in [-0.15, -0.1) is 11.3 Å². The molecule has 1 aromatic heterocycles. The van der Waals surface area contributed by atoms with Crippen molar-refractivity contribution >= 4 is 28.2 Å². The Kier molecular flexibility index (Phi) is 3.38. The molecule has 1 aromatic rings. The van der Waals surface area contributed by atoms with Crippen LogP contribution in [0.5, 0.6) is 0 Å². The second-order valence-electron chi connectivity index (χ2n) is 7.29. The maximum Gasteiger partial charge on any atom is 0.251 e. The zero-order valence-electron chi connectivity index (χ0n) is 13.4. The van der Waals surface area contributed by atoms with Crippen LogP contribution in [0.1, 0.15) is 61.3 Å². The Balaban J connectivity index is 2.07. The third kappa shape index (κ3) is 2.65. The highest BCUT2D eigenvalue weighted by Crippen LogP contribution is 2.48. The molecule has 2 aliphatic rings. The van der Waals surface area contributed by atoms with Crippen molar-refractivity contribution in [2.45, 2.75) is 58.2 Å². The van der Waals surface area contributed by atoms with Crippen LogP contribution in [0.15, 0.2) is 0 Å². The smallest absolute Gasteiger partial charge is 0.251 e. The first-order chi connectivity index (χ1) is 10.1. The molecule has 0 unspecified atom stereocenters. The predicted octanol–water partition coefficient (Wildman–Crippen LogP) is 2.78. The van der Waals surface area contributed by atoms with Crippen LogP contribution in [0.3, 0.4) is 0 Å². The van der Waals surface area contributed by atoms with Gasteiger partial charge in [-0.2, -0.15) is 0 Å². The monoisotopic (exact) mass is 322 g/mol. The normalized spacial score (nSPS) is 22.0. The van der Waals surface area contributed by atoms with Crippen molar-refractivity contribution in [1.82, 2.24) is 0 Å². The lowest BCUT2D eigenvalue weighted by Gasteiger charge is -2.41. The summed E-state index contributed by atoms with van der Waals surface area (Å²) in [7, 11) is 0. The van der Waals surface area contributed by atoms with Crippen molar-refractivity contribution in [3.63, 3.8) is 0 Å². The van der Waals surface area contributed by atoms with Crippen LogP contribution in [-0.2, 0) is 21.6 Å². The highest BCUT2D eigenvalue weighted by atomic mass is 32.1. The predicted molar refractivity (Wildman–Crippen MR) is 86.1 cm³/mol. The first-order valence-electron chi connectivity index (χ1n) is 7.58. The Morgan fingerprint density at radius 1 is 1.27 bits per heavy atom. The maximum atomic E-state index is 12.1. The topological polar surface area (TPSA) is 81.4 Å². The summed E-state index contributed by atoms with van der Waals surface area (Å²) in [4.78, 5) is 25.0. The number of primary amides is 1. The standard InChI is InChI=1S/C16H22N2O3S/c1-15(2)7-9-10(12(17)19)14(18-13(20)8-5-6-8)22-11(9)16(3,4)21-15/h8H,5-7H2,1-4H3,(H2,17,19)(H,18,20). The number of thiophene rings is 1. The zero-order valence-corrected chi connectivity index (χ0v) is 14.2. The van der Waals surface area contributed by atoms with Crippen LogP contribution in [0, 0.1) is 5.92 Å². The number of hydrogen-bond donors (Lipinski definition) is 2. The van der Waals surface area contributed by atoms with E-state index in [0.717, 1.165) is 23.3 Å². The molecule has 1 saturated carbocycles. The Morgan fingerprint density at radius 3 is 2.45 bits per heavy atom. The quantitative estimate of drug-likeness (QED) is 0.898. The highest BCUT2D eigenvalue weighted by molar-refractivity contribution is 7.17. The fourth-order valence-electron chi connectivity index (χ4n) is 3.23. The average Bonchev–Trinajstić information content (AvgIpc) is 3.10. The first kappa shape index (κ1) is 15.5. The van der Waals surface area contributed by atoms with Crippen LogP contribution in [-0.4, -0.2) is 17.4 Å². The fourth-order valence-corrected chi connectivity index (χ4v) is 4.49. The minimum atomic E-state index is -0.505. The SMILES string of the molecule is CC1(C)Cc2c(sc(NC(=O)C3CC3)c2C(N)=O)C(C)(C)O1. The van der Waals surface area contributed by atoms with Gasteiger partial charge in [-0.25, -0.2) is 0 Å². The van der Waals surface area contributed by atoms with E-state index in [4.69, 9.17) is 10.5 Å². The van der Waals surface area contributed by atoms with Crippen LogP contribution in [0.4, 0.5) is 5.00 Å². The molecule has 5 nitrogen and oxygen atoms in total. The van der Waals surface area contributed by atoms with Gasteiger partial charge < -0.3 is 15.8 Å². The third-order valence-corrected chi connectivity index (χ3v) is 5.57. The van der Waals surface area contributed by atoms with Gasteiger partial charge in [0.1, 0.15) is 5.00 Å². The van der Waals surface area contributed by atoms with E-state index >= 15 is 0 Å². The number of amides is 2. The summed E-state index contributed by atoms with van der Waals surface area (Å²) < 4.78 is 6.15. The summed E-state index contributed by atoms with van der Waals surface area (Å²) in [6, 6.07) is 0. The summed E-state index contributed by atoms with van der Waals surface area (Å²) in [5.41, 5.74) is 6.10. The fraction of sp³-hybridized carbons (Fsp3) is 0.625. The van der Waals surface area contributed by atoms with Crippen LogP contribution in [0.2, 0.25) is 0 Å². The number of rotatable bonds is 3. The zero-order chi connectivity index (χ0) is 16.3. The van der Waals surface area contributed by atoms with E-state index in [-0.39, 0.29) is 17.4 Å². The molecule has 3 rings (SSSR count). The van der Waals surface area contributed by atoms with E-state index in [1.807, 2.05) is 27.7 Å².